The van der Waals surface area contributed by atoms with Crippen molar-refractivity contribution in [2.75, 3.05) is 6.61 Å². The average molecular weight is 268 g/mol. The Morgan fingerprint density at radius 3 is 2.85 bits per heavy atom. The molecule has 1 N–H and O–H groups in total. The maximum absolute atomic E-state index is 10.7. The summed E-state index contributed by atoms with van der Waals surface area (Å²) in [5.74, 6) is 0.858. The molecule has 20 heavy (non-hydrogen) atoms. The number of benzene rings is 2. The van der Waals surface area contributed by atoms with Crippen LogP contribution < -0.4 is 4.74 Å². The molecule has 0 fully saturated rings. The summed E-state index contributed by atoms with van der Waals surface area (Å²) < 4.78 is 11.1. The Morgan fingerprint density at radius 1 is 1.00 bits per heavy atom. The Kier molecular flexibility index (Phi) is 2.76. The van der Waals surface area contributed by atoms with E-state index in [1.54, 1.807) is 0 Å². The number of hydrogen-bond acceptors (Lipinski definition) is 3. The third-order valence-corrected chi connectivity index (χ3v) is 4.10. The highest BCUT2D eigenvalue weighted by Crippen LogP contribution is 2.36. The van der Waals surface area contributed by atoms with Gasteiger partial charge in [0.1, 0.15) is 11.9 Å². The Hall–Kier alpha value is -1.84. The van der Waals surface area contributed by atoms with E-state index in [4.69, 9.17) is 9.47 Å². The van der Waals surface area contributed by atoms with Crippen molar-refractivity contribution in [1.82, 2.24) is 0 Å². The molecular weight excluding hydrogens is 252 g/mol. The Bertz CT molecular complexity index is 663. The van der Waals surface area contributed by atoms with Gasteiger partial charge in [0.25, 0.3) is 0 Å². The summed E-state index contributed by atoms with van der Waals surface area (Å²) in [6.45, 7) is 2.02. The molecule has 1 atom stereocenters. The fraction of sp³-hybridized carbons (Fsp3) is 0.294. The van der Waals surface area contributed by atoms with E-state index in [0.29, 0.717) is 19.8 Å². The van der Waals surface area contributed by atoms with E-state index in [-0.39, 0.29) is 0 Å². The second kappa shape index (κ2) is 4.62. The van der Waals surface area contributed by atoms with Gasteiger partial charge in [-0.2, -0.15) is 0 Å². The zero-order valence-electron chi connectivity index (χ0n) is 11.1. The van der Waals surface area contributed by atoms with Crippen molar-refractivity contribution in [3.05, 3.63) is 64.2 Å². The second-order valence-corrected chi connectivity index (χ2v) is 5.36. The van der Waals surface area contributed by atoms with Gasteiger partial charge in [-0.3, -0.25) is 0 Å². The highest BCUT2D eigenvalue weighted by molar-refractivity contribution is 5.48. The van der Waals surface area contributed by atoms with Crippen molar-refractivity contribution in [1.29, 1.82) is 0 Å². The van der Waals surface area contributed by atoms with Crippen LogP contribution in [0.3, 0.4) is 0 Å². The molecule has 3 heteroatoms. The van der Waals surface area contributed by atoms with Crippen LogP contribution in [0.4, 0.5) is 0 Å². The molecule has 3 nitrogen and oxygen atoms in total. The smallest absolute Gasteiger partial charge is 0.128 e. The zero-order valence-corrected chi connectivity index (χ0v) is 11.1. The molecule has 0 saturated heterocycles. The number of para-hydroxylation sites is 1. The van der Waals surface area contributed by atoms with Gasteiger partial charge in [-0.1, -0.05) is 36.4 Å². The van der Waals surface area contributed by atoms with Crippen LogP contribution in [0.25, 0.3) is 0 Å². The van der Waals surface area contributed by atoms with Crippen molar-refractivity contribution in [2.24, 2.45) is 0 Å². The molecule has 4 rings (SSSR count). The number of aliphatic hydroxyl groups excluding tert-OH is 1. The lowest BCUT2D eigenvalue weighted by molar-refractivity contribution is 0.134. The topological polar surface area (TPSA) is 38.7 Å². The molecule has 0 bridgehead atoms. The normalized spacial score (nSPS) is 17.4. The second-order valence-electron chi connectivity index (χ2n) is 5.36. The lowest BCUT2D eigenvalue weighted by atomic mass is 9.96. The summed E-state index contributed by atoms with van der Waals surface area (Å²) in [6, 6.07) is 12.1. The molecule has 2 heterocycles. The fourth-order valence-corrected chi connectivity index (χ4v) is 3.00. The molecule has 2 aliphatic rings. The van der Waals surface area contributed by atoms with Crippen LogP contribution in [0.1, 0.15) is 33.9 Å². The molecule has 2 aliphatic heterocycles. The molecule has 102 valence electrons. The summed E-state index contributed by atoms with van der Waals surface area (Å²) >= 11 is 0. The van der Waals surface area contributed by atoms with Crippen LogP contribution in [0.5, 0.6) is 5.75 Å². The van der Waals surface area contributed by atoms with Gasteiger partial charge in [-0.25, -0.2) is 0 Å². The minimum absolute atomic E-state index is 0.638. The van der Waals surface area contributed by atoms with Crippen molar-refractivity contribution >= 4 is 0 Å². The predicted octanol–water partition coefficient (Wildman–Crippen LogP) is 2.73. The first-order valence-corrected chi connectivity index (χ1v) is 6.95. The molecular formula is C17H16O3. The van der Waals surface area contributed by atoms with Crippen LogP contribution in [-0.2, 0) is 24.4 Å². The van der Waals surface area contributed by atoms with E-state index in [9.17, 15) is 5.11 Å². The lowest BCUT2D eigenvalue weighted by Crippen LogP contribution is -2.03. The number of rotatable bonds is 2. The monoisotopic (exact) mass is 268 g/mol. The Labute approximate surface area is 117 Å². The van der Waals surface area contributed by atoms with Crippen molar-refractivity contribution < 1.29 is 14.6 Å². The van der Waals surface area contributed by atoms with E-state index >= 15 is 0 Å². The number of ether oxygens (including phenoxy) is 2. The van der Waals surface area contributed by atoms with Gasteiger partial charge in [-0.15, -0.1) is 0 Å². The van der Waals surface area contributed by atoms with E-state index in [2.05, 4.69) is 6.07 Å². The lowest BCUT2D eigenvalue weighted by Gasteiger charge is -2.15. The molecule has 1 unspecified atom stereocenters. The van der Waals surface area contributed by atoms with E-state index in [0.717, 1.165) is 23.3 Å². The first kappa shape index (κ1) is 11.9. The van der Waals surface area contributed by atoms with Crippen LogP contribution in [-0.4, -0.2) is 11.7 Å². The van der Waals surface area contributed by atoms with Crippen molar-refractivity contribution in [2.45, 2.75) is 25.7 Å². The standard InChI is InChI=1S/C17H16O3/c18-16(12-4-5-13-9-19-10-14(13)8-12)15-3-1-2-11-6-7-20-17(11)15/h1-5,8,16,18H,6-7,9-10H2. The van der Waals surface area contributed by atoms with Crippen LogP contribution in [0, 0.1) is 0 Å². The van der Waals surface area contributed by atoms with Crippen molar-refractivity contribution in [3.8, 4) is 5.75 Å². The van der Waals surface area contributed by atoms with Crippen molar-refractivity contribution in [3.63, 3.8) is 0 Å². The Balaban J connectivity index is 1.74. The summed E-state index contributed by atoms with van der Waals surface area (Å²) in [4.78, 5) is 0. The molecule has 0 aromatic heterocycles. The number of fused-ring (bicyclic) bond motifs is 2. The van der Waals surface area contributed by atoms with Gasteiger partial charge < -0.3 is 14.6 Å². The average Bonchev–Trinajstić information content (AvgIpc) is 3.13. The zero-order chi connectivity index (χ0) is 13.5. The first-order valence-electron chi connectivity index (χ1n) is 6.95. The maximum atomic E-state index is 10.7. The maximum Gasteiger partial charge on any atom is 0.128 e. The molecule has 0 radical (unpaired) electrons. The van der Waals surface area contributed by atoms with Crippen LogP contribution in [0.15, 0.2) is 36.4 Å². The molecule has 0 spiro atoms. The Morgan fingerprint density at radius 2 is 1.90 bits per heavy atom. The molecule has 0 saturated carbocycles. The minimum atomic E-state index is -0.644. The highest BCUT2D eigenvalue weighted by Gasteiger charge is 2.23. The number of aliphatic hydroxyl groups is 1. The molecule has 2 aromatic carbocycles. The summed E-state index contributed by atoms with van der Waals surface area (Å²) in [6.07, 6.45) is 0.280. The fourth-order valence-electron chi connectivity index (χ4n) is 3.00. The minimum Gasteiger partial charge on any atom is -0.493 e. The van der Waals surface area contributed by atoms with Gasteiger partial charge in [0.2, 0.25) is 0 Å². The molecule has 0 amide bonds. The van der Waals surface area contributed by atoms with Crippen LogP contribution >= 0.6 is 0 Å². The van der Waals surface area contributed by atoms with Gasteiger partial charge >= 0.3 is 0 Å². The largest absolute Gasteiger partial charge is 0.493 e. The highest BCUT2D eigenvalue weighted by atomic mass is 16.5. The third kappa shape index (κ3) is 1.82. The predicted molar refractivity (Wildman–Crippen MR) is 74.6 cm³/mol. The van der Waals surface area contributed by atoms with Crippen LogP contribution in [0.2, 0.25) is 0 Å². The molecule has 2 aromatic rings. The number of hydrogen-bond donors (Lipinski definition) is 1. The van der Waals surface area contributed by atoms with Gasteiger partial charge in [-0.05, 0) is 22.3 Å². The summed E-state index contributed by atoms with van der Waals surface area (Å²) in [7, 11) is 0. The van der Waals surface area contributed by atoms with E-state index < -0.39 is 6.10 Å². The van der Waals surface area contributed by atoms with E-state index in [1.165, 1.54) is 16.7 Å². The van der Waals surface area contributed by atoms with Gasteiger partial charge in [0.15, 0.2) is 0 Å². The summed E-state index contributed by atoms with van der Waals surface area (Å²) in [5.41, 5.74) is 5.34. The van der Waals surface area contributed by atoms with Gasteiger partial charge in [0, 0.05) is 12.0 Å². The molecule has 0 aliphatic carbocycles. The SMILES string of the molecule is OC(c1ccc2c(c1)COC2)c1cccc2c1OCC2. The van der Waals surface area contributed by atoms with E-state index in [1.807, 2.05) is 30.3 Å². The third-order valence-electron chi connectivity index (χ3n) is 4.10. The quantitative estimate of drug-likeness (QED) is 0.910. The first-order chi connectivity index (χ1) is 9.83. The van der Waals surface area contributed by atoms with Gasteiger partial charge in [0.05, 0.1) is 19.8 Å². The summed E-state index contributed by atoms with van der Waals surface area (Å²) in [5, 5.41) is 10.7.